The maximum atomic E-state index is 13.1. The number of anilines is 1. The van der Waals surface area contributed by atoms with Crippen LogP contribution in [0, 0.1) is 6.92 Å². The van der Waals surface area contributed by atoms with E-state index in [9.17, 15) is 19.2 Å². The van der Waals surface area contributed by atoms with Gasteiger partial charge < -0.3 is 14.6 Å². The number of methoxy groups -OCH3 is 1. The van der Waals surface area contributed by atoms with E-state index in [4.69, 9.17) is 26.2 Å². The molecular formula is C21H16BrClN2O7. The van der Waals surface area contributed by atoms with Gasteiger partial charge in [0.2, 0.25) is 0 Å². The Kier molecular flexibility index (Phi) is 6.85. The number of nitrogens with zero attached hydrogens (tertiary/aromatic N) is 1. The predicted molar refractivity (Wildman–Crippen MR) is 119 cm³/mol. The number of rotatable bonds is 6. The van der Waals surface area contributed by atoms with Gasteiger partial charge in [-0.25, -0.2) is 14.5 Å². The van der Waals surface area contributed by atoms with Crippen LogP contribution in [-0.2, 0) is 14.4 Å². The Hall–Kier alpha value is -3.37. The van der Waals surface area contributed by atoms with Crippen molar-refractivity contribution in [2.75, 3.05) is 18.6 Å². The number of amides is 4. The number of aryl methyl sites for hydroxylation is 1. The first-order chi connectivity index (χ1) is 15.1. The van der Waals surface area contributed by atoms with E-state index < -0.39 is 30.4 Å². The molecule has 2 aromatic rings. The number of carbonyl (C=O) groups excluding carboxylic acids is 3. The fourth-order valence-electron chi connectivity index (χ4n) is 2.96. The Morgan fingerprint density at radius 2 is 1.97 bits per heavy atom. The molecule has 1 aliphatic rings. The molecule has 0 unspecified atom stereocenters. The number of hydrogen-bond donors (Lipinski definition) is 2. The first kappa shape index (κ1) is 23.3. The monoisotopic (exact) mass is 522 g/mol. The number of barbiturate groups is 1. The van der Waals surface area contributed by atoms with Gasteiger partial charge in [0, 0.05) is 5.02 Å². The Labute approximate surface area is 195 Å². The number of hydrogen-bond acceptors (Lipinski definition) is 6. The van der Waals surface area contributed by atoms with E-state index in [1.807, 2.05) is 0 Å². The molecule has 166 valence electrons. The Morgan fingerprint density at radius 1 is 1.25 bits per heavy atom. The molecule has 32 heavy (non-hydrogen) atoms. The highest BCUT2D eigenvalue weighted by Crippen LogP contribution is 2.37. The van der Waals surface area contributed by atoms with E-state index in [-0.39, 0.29) is 22.8 Å². The summed E-state index contributed by atoms with van der Waals surface area (Å²) in [7, 11) is 1.35. The molecule has 11 heteroatoms. The second-order valence-corrected chi connectivity index (χ2v) is 7.90. The molecular weight excluding hydrogens is 508 g/mol. The summed E-state index contributed by atoms with van der Waals surface area (Å²) in [6.45, 7) is 1.11. The summed E-state index contributed by atoms with van der Waals surface area (Å²) in [5.41, 5.74) is 0.926. The Balaban J connectivity index is 2.03. The molecule has 1 aliphatic heterocycles. The number of imide groups is 2. The first-order valence-electron chi connectivity index (χ1n) is 9.02. The summed E-state index contributed by atoms with van der Waals surface area (Å²) >= 11 is 9.29. The van der Waals surface area contributed by atoms with Gasteiger partial charge in [0.25, 0.3) is 11.8 Å². The van der Waals surface area contributed by atoms with Gasteiger partial charge in [0.15, 0.2) is 18.1 Å². The largest absolute Gasteiger partial charge is 0.493 e. The number of nitrogens with one attached hydrogen (secondary N) is 1. The van der Waals surface area contributed by atoms with Crippen molar-refractivity contribution in [3.63, 3.8) is 0 Å². The highest BCUT2D eigenvalue weighted by molar-refractivity contribution is 9.10. The maximum absolute atomic E-state index is 13.1. The van der Waals surface area contributed by atoms with E-state index in [2.05, 4.69) is 21.2 Å². The van der Waals surface area contributed by atoms with Crippen LogP contribution in [0.25, 0.3) is 6.08 Å². The molecule has 1 heterocycles. The minimum absolute atomic E-state index is 0.142. The van der Waals surface area contributed by atoms with Gasteiger partial charge in [-0.2, -0.15) is 0 Å². The average molecular weight is 524 g/mol. The zero-order chi connectivity index (χ0) is 23.6. The molecule has 0 atom stereocenters. The average Bonchev–Trinajstić information content (AvgIpc) is 2.72. The van der Waals surface area contributed by atoms with Crippen molar-refractivity contribution in [1.29, 1.82) is 0 Å². The first-order valence-corrected chi connectivity index (χ1v) is 10.2. The zero-order valence-electron chi connectivity index (χ0n) is 16.8. The molecule has 0 aliphatic carbocycles. The SMILES string of the molecule is COc1cc(/C=C2\C(=O)NC(=O)N(c3cc(Cl)ccc3C)C2=O)cc(Br)c1OCC(=O)O. The van der Waals surface area contributed by atoms with Crippen LogP contribution in [0.15, 0.2) is 40.4 Å². The smallest absolute Gasteiger partial charge is 0.341 e. The van der Waals surface area contributed by atoms with Crippen molar-refractivity contribution in [3.05, 3.63) is 56.5 Å². The van der Waals surface area contributed by atoms with Gasteiger partial charge in [-0.15, -0.1) is 0 Å². The van der Waals surface area contributed by atoms with E-state index in [0.29, 0.717) is 20.6 Å². The van der Waals surface area contributed by atoms with Crippen LogP contribution >= 0.6 is 27.5 Å². The third-order valence-corrected chi connectivity index (χ3v) is 5.24. The summed E-state index contributed by atoms with van der Waals surface area (Å²) in [4.78, 5) is 49.6. The zero-order valence-corrected chi connectivity index (χ0v) is 19.1. The lowest BCUT2D eigenvalue weighted by molar-refractivity contribution is -0.139. The third-order valence-electron chi connectivity index (χ3n) is 4.42. The molecule has 2 aromatic carbocycles. The fourth-order valence-corrected chi connectivity index (χ4v) is 3.70. The van der Waals surface area contributed by atoms with Gasteiger partial charge in [0.05, 0.1) is 17.3 Å². The number of carbonyl (C=O) groups is 4. The standard InChI is InChI=1S/C21H16BrClN2O7/c1-10-3-4-12(23)8-15(10)25-20(29)13(19(28)24-21(25)30)5-11-6-14(22)18(16(7-11)31-2)32-9-17(26)27/h3-8H,9H2,1-2H3,(H,26,27)(H,24,28,30)/b13-5+. The van der Waals surface area contributed by atoms with Crippen LogP contribution in [0.3, 0.4) is 0 Å². The summed E-state index contributed by atoms with van der Waals surface area (Å²) in [6, 6.07) is 6.80. The molecule has 2 N–H and O–H groups in total. The Bertz CT molecular complexity index is 1180. The lowest BCUT2D eigenvalue weighted by atomic mass is 10.1. The van der Waals surface area contributed by atoms with Crippen molar-refractivity contribution < 1.29 is 33.8 Å². The van der Waals surface area contributed by atoms with Crippen LogP contribution in [-0.4, -0.2) is 42.6 Å². The molecule has 1 fully saturated rings. The lowest BCUT2D eigenvalue weighted by Gasteiger charge is -2.27. The number of aliphatic carboxylic acids is 1. The van der Waals surface area contributed by atoms with Gasteiger partial charge in [-0.3, -0.25) is 14.9 Å². The minimum atomic E-state index is -1.17. The van der Waals surface area contributed by atoms with Crippen molar-refractivity contribution in [1.82, 2.24) is 5.32 Å². The molecule has 0 saturated carbocycles. The number of halogens is 2. The summed E-state index contributed by atoms with van der Waals surface area (Å²) < 4.78 is 10.8. The third kappa shape index (κ3) is 4.76. The summed E-state index contributed by atoms with van der Waals surface area (Å²) in [6.07, 6.45) is 1.28. The highest BCUT2D eigenvalue weighted by Gasteiger charge is 2.37. The van der Waals surface area contributed by atoms with E-state index in [1.165, 1.54) is 31.4 Å². The predicted octanol–water partition coefficient (Wildman–Crippen LogP) is 3.55. The van der Waals surface area contributed by atoms with Crippen LogP contribution in [0.1, 0.15) is 11.1 Å². The van der Waals surface area contributed by atoms with Crippen molar-refractivity contribution in [2.24, 2.45) is 0 Å². The molecule has 0 aromatic heterocycles. The summed E-state index contributed by atoms with van der Waals surface area (Å²) in [5.74, 6) is -2.55. The minimum Gasteiger partial charge on any atom is -0.493 e. The van der Waals surface area contributed by atoms with E-state index in [0.717, 1.165) is 4.90 Å². The topological polar surface area (TPSA) is 122 Å². The van der Waals surface area contributed by atoms with Gasteiger partial charge >= 0.3 is 12.0 Å². The van der Waals surface area contributed by atoms with Crippen LogP contribution in [0.2, 0.25) is 5.02 Å². The van der Waals surface area contributed by atoms with E-state index >= 15 is 0 Å². The van der Waals surface area contributed by atoms with Crippen LogP contribution in [0.4, 0.5) is 10.5 Å². The molecule has 1 saturated heterocycles. The van der Waals surface area contributed by atoms with Crippen molar-refractivity contribution >= 4 is 63.1 Å². The Morgan fingerprint density at radius 3 is 2.62 bits per heavy atom. The van der Waals surface area contributed by atoms with Crippen LogP contribution in [0.5, 0.6) is 11.5 Å². The molecule has 9 nitrogen and oxygen atoms in total. The number of carboxylic acids is 1. The normalized spacial score (nSPS) is 15.1. The molecule has 0 bridgehead atoms. The van der Waals surface area contributed by atoms with Crippen molar-refractivity contribution in [2.45, 2.75) is 6.92 Å². The highest BCUT2D eigenvalue weighted by atomic mass is 79.9. The molecule has 3 rings (SSSR count). The second kappa shape index (κ2) is 9.41. The molecule has 0 spiro atoms. The summed E-state index contributed by atoms with van der Waals surface area (Å²) in [5, 5.41) is 11.3. The second-order valence-electron chi connectivity index (χ2n) is 6.61. The van der Waals surface area contributed by atoms with Gasteiger partial charge in [-0.05, 0) is 64.3 Å². The maximum Gasteiger partial charge on any atom is 0.341 e. The number of carboxylic acid groups (broad SMARTS) is 1. The number of urea groups is 1. The molecule has 4 amide bonds. The fraction of sp³-hybridized carbons (Fsp3) is 0.143. The van der Waals surface area contributed by atoms with Crippen LogP contribution < -0.4 is 19.7 Å². The molecule has 0 radical (unpaired) electrons. The van der Waals surface area contributed by atoms with Gasteiger partial charge in [0.1, 0.15) is 5.57 Å². The quantitative estimate of drug-likeness (QED) is 0.438. The lowest BCUT2D eigenvalue weighted by Crippen LogP contribution is -2.54. The van der Waals surface area contributed by atoms with Gasteiger partial charge in [-0.1, -0.05) is 17.7 Å². The number of ether oxygens (including phenoxy) is 2. The van der Waals surface area contributed by atoms with Crippen molar-refractivity contribution in [3.8, 4) is 11.5 Å². The van der Waals surface area contributed by atoms with E-state index in [1.54, 1.807) is 19.1 Å². The number of benzene rings is 2.